The highest BCUT2D eigenvalue weighted by Gasteiger charge is 2.35. The topological polar surface area (TPSA) is 63.7 Å². The molecular formula is C17H19NO4S2. The lowest BCUT2D eigenvalue weighted by Crippen LogP contribution is -2.40. The van der Waals surface area contributed by atoms with Crippen molar-refractivity contribution in [1.29, 1.82) is 0 Å². The molecule has 1 aliphatic heterocycles. The quantitative estimate of drug-likeness (QED) is 0.817. The van der Waals surface area contributed by atoms with Crippen molar-refractivity contribution in [3.8, 4) is 5.75 Å². The number of methoxy groups -OCH3 is 1. The molecule has 24 heavy (non-hydrogen) atoms. The second-order valence-electron chi connectivity index (χ2n) is 5.82. The maximum atomic E-state index is 12.9. The predicted octanol–water partition coefficient (Wildman–Crippen LogP) is 2.59. The number of hydrogen-bond acceptors (Lipinski definition) is 5. The number of thiophene rings is 1. The van der Waals surface area contributed by atoms with E-state index >= 15 is 0 Å². The van der Waals surface area contributed by atoms with Gasteiger partial charge < -0.3 is 9.64 Å². The van der Waals surface area contributed by atoms with Gasteiger partial charge in [-0.3, -0.25) is 4.79 Å². The summed E-state index contributed by atoms with van der Waals surface area (Å²) in [6, 6.07) is 10.8. The summed E-state index contributed by atoms with van der Waals surface area (Å²) < 4.78 is 28.9. The first kappa shape index (κ1) is 17.0. The zero-order valence-corrected chi connectivity index (χ0v) is 15.0. The zero-order chi connectivity index (χ0) is 17.2. The van der Waals surface area contributed by atoms with E-state index in [1.165, 1.54) is 11.3 Å². The van der Waals surface area contributed by atoms with E-state index in [1.807, 2.05) is 35.7 Å². The fourth-order valence-corrected chi connectivity index (χ4v) is 5.31. The summed E-state index contributed by atoms with van der Waals surface area (Å²) in [4.78, 5) is 15.2. The van der Waals surface area contributed by atoms with E-state index in [-0.39, 0.29) is 23.5 Å². The molecule has 1 saturated heterocycles. The van der Waals surface area contributed by atoms with E-state index in [4.69, 9.17) is 4.74 Å². The number of rotatable bonds is 5. The molecule has 1 fully saturated rings. The third kappa shape index (κ3) is 3.79. The number of carbonyl (C=O) groups excluding carboxylic acids is 1. The van der Waals surface area contributed by atoms with Gasteiger partial charge >= 0.3 is 0 Å². The normalized spacial score (nSPS) is 19.1. The zero-order valence-electron chi connectivity index (χ0n) is 13.3. The molecule has 0 bridgehead atoms. The summed E-state index contributed by atoms with van der Waals surface area (Å²) in [6.45, 7) is 0.369. The average Bonchev–Trinajstić information content (AvgIpc) is 3.21. The molecule has 0 radical (unpaired) electrons. The van der Waals surface area contributed by atoms with Crippen LogP contribution in [0.15, 0.2) is 41.8 Å². The number of amides is 1. The van der Waals surface area contributed by atoms with Crippen molar-refractivity contribution in [2.75, 3.05) is 18.6 Å². The predicted molar refractivity (Wildman–Crippen MR) is 94.2 cm³/mol. The van der Waals surface area contributed by atoms with E-state index in [1.54, 1.807) is 18.1 Å². The van der Waals surface area contributed by atoms with Gasteiger partial charge in [0.15, 0.2) is 9.84 Å². The van der Waals surface area contributed by atoms with Gasteiger partial charge in [0, 0.05) is 12.6 Å². The standard InChI is InChI=1S/C17H19NO4S2/c1-22-15-5-2-4-13(10-15)11-18(14-7-9-24(20,21)12-14)17(19)16-6-3-8-23-16/h2-6,8,10,14H,7,9,11-12H2,1H3/t14-/m1/s1. The molecule has 2 aromatic rings. The molecule has 0 aliphatic carbocycles. The molecule has 1 aliphatic rings. The number of hydrogen-bond donors (Lipinski definition) is 0. The lowest BCUT2D eigenvalue weighted by atomic mass is 10.1. The van der Waals surface area contributed by atoms with Crippen molar-refractivity contribution >= 4 is 27.1 Å². The number of carbonyl (C=O) groups is 1. The summed E-state index contributed by atoms with van der Waals surface area (Å²) in [7, 11) is -1.47. The highest BCUT2D eigenvalue weighted by Crippen LogP contribution is 2.24. The second kappa shape index (κ2) is 6.94. The molecular weight excluding hydrogens is 346 g/mol. The van der Waals surface area contributed by atoms with Crippen LogP contribution in [0.3, 0.4) is 0 Å². The summed E-state index contributed by atoms with van der Waals surface area (Å²) in [5.74, 6) is 0.780. The van der Waals surface area contributed by atoms with Crippen LogP contribution in [0.1, 0.15) is 21.7 Å². The van der Waals surface area contributed by atoms with Gasteiger partial charge in [0.2, 0.25) is 0 Å². The van der Waals surface area contributed by atoms with Crippen LogP contribution < -0.4 is 4.74 Å². The molecule has 0 unspecified atom stereocenters. The van der Waals surface area contributed by atoms with E-state index in [2.05, 4.69) is 0 Å². The van der Waals surface area contributed by atoms with Crippen LogP contribution in [0.4, 0.5) is 0 Å². The first-order chi connectivity index (χ1) is 11.5. The average molecular weight is 365 g/mol. The fraction of sp³-hybridized carbons (Fsp3) is 0.353. The number of benzene rings is 1. The third-order valence-electron chi connectivity index (χ3n) is 4.13. The van der Waals surface area contributed by atoms with E-state index in [0.717, 1.165) is 11.3 Å². The molecule has 128 valence electrons. The Morgan fingerprint density at radius 2 is 2.17 bits per heavy atom. The van der Waals surface area contributed by atoms with Crippen LogP contribution in [-0.4, -0.2) is 43.9 Å². The van der Waals surface area contributed by atoms with Crippen LogP contribution in [0.25, 0.3) is 0 Å². The minimum absolute atomic E-state index is 0.0358. The van der Waals surface area contributed by atoms with Crippen molar-refractivity contribution in [2.45, 2.75) is 19.0 Å². The summed E-state index contributed by atoms with van der Waals surface area (Å²) in [5.41, 5.74) is 0.920. The maximum Gasteiger partial charge on any atom is 0.264 e. The van der Waals surface area contributed by atoms with Gasteiger partial charge in [0.25, 0.3) is 5.91 Å². The summed E-state index contributed by atoms with van der Waals surface area (Å²) in [6.07, 6.45) is 0.490. The SMILES string of the molecule is COc1cccc(CN(C(=O)c2cccs2)[C@@H]2CCS(=O)(=O)C2)c1. The molecule has 0 spiro atoms. The minimum Gasteiger partial charge on any atom is -0.497 e. The summed E-state index contributed by atoms with van der Waals surface area (Å²) >= 11 is 1.37. The summed E-state index contributed by atoms with van der Waals surface area (Å²) in [5, 5.41) is 1.85. The lowest BCUT2D eigenvalue weighted by Gasteiger charge is -2.28. The number of sulfone groups is 1. The molecule has 0 N–H and O–H groups in total. The number of nitrogens with zero attached hydrogens (tertiary/aromatic N) is 1. The van der Waals surface area contributed by atoms with Crippen molar-refractivity contribution < 1.29 is 17.9 Å². The first-order valence-corrected chi connectivity index (χ1v) is 10.4. The van der Waals surface area contributed by atoms with Crippen LogP contribution in [0.2, 0.25) is 0 Å². The third-order valence-corrected chi connectivity index (χ3v) is 6.74. The molecule has 3 rings (SSSR count). The Bertz CT molecular complexity index is 815. The van der Waals surface area contributed by atoms with Crippen LogP contribution in [-0.2, 0) is 16.4 Å². The molecule has 1 atom stereocenters. The van der Waals surface area contributed by atoms with Gasteiger partial charge in [-0.1, -0.05) is 18.2 Å². The van der Waals surface area contributed by atoms with Crippen LogP contribution >= 0.6 is 11.3 Å². The Morgan fingerprint density at radius 1 is 1.33 bits per heavy atom. The highest BCUT2D eigenvalue weighted by molar-refractivity contribution is 7.91. The van der Waals surface area contributed by atoms with Crippen molar-refractivity contribution in [3.05, 3.63) is 52.2 Å². The van der Waals surface area contributed by atoms with Gasteiger partial charge in [-0.15, -0.1) is 11.3 Å². The molecule has 7 heteroatoms. The van der Waals surface area contributed by atoms with Crippen LogP contribution in [0, 0.1) is 0 Å². The van der Waals surface area contributed by atoms with E-state index in [9.17, 15) is 13.2 Å². The molecule has 5 nitrogen and oxygen atoms in total. The Kier molecular flexibility index (Phi) is 4.91. The van der Waals surface area contributed by atoms with Crippen molar-refractivity contribution in [2.24, 2.45) is 0 Å². The van der Waals surface area contributed by atoms with Gasteiger partial charge in [-0.25, -0.2) is 8.42 Å². The van der Waals surface area contributed by atoms with Gasteiger partial charge in [-0.2, -0.15) is 0 Å². The molecule has 1 aromatic carbocycles. The Morgan fingerprint density at radius 3 is 2.79 bits per heavy atom. The Hall–Kier alpha value is -1.86. The largest absolute Gasteiger partial charge is 0.497 e. The van der Waals surface area contributed by atoms with E-state index in [0.29, 0.717) is 17.8 Å². The van der Waals surface area contributed by atoms with Crippen molar-refractivity contribution in [3.63, 3.8) is 0 Å². The molecule has 1 aromatic heterocycles. The second-order valence-corrected chi connectivity index (χ2v) is 9.00. The molecule has 0 saturated carbocycles. The van der Waals surface area contributed by atoms with Gasteiger partial charge in [0.05, 0.1) is 23.5 Å². The fourth-order valence-electron chi connectivity index (χ4n) is 2.90. The number of ether oxygens (including phenoxy) is 1. The molecule has 1 amide bonds. The van der Waals surface area contributed by atoms with Gasteiger partial charge in [-0.05, 0) is 35.6 Å². The monoisotopic (exact) mass is 365 g/mol. The maximum absolute atomic E-state index is 12.9. The first-order valence-electron chi connectivity index (χ1n) is 7.66. The van der Waals surface area contributed by atoms with Crippen molar-refractivity contribution in [1.82, 2.24) is 4.90 Å². The smallest absolute Gasteiger partial charge is 0.264 e. The van der Waals surface area contributed by atoms with E-state index < -0.39 is 9.84 Å². The van der Waals surface area contributed by atoms with Gasteiger partial charge in [0.1, 0.15) is 5.75 Å². The highest BCUT2D eigenvalue weighted by atomic mass is 32.2. The van der Waals surface area contributed by atoms with Crippen LogP contribution in [0.5, 0.6) is 5.75 Å². The minimum atomic E-state index is -3.06. The lowest BCUT2D eigenvalue weighted by molar-refractivity contribution is 0.0686. The molecule has 2 heterocycles. The Labute approximate surface area is 145 Å². The Balaban J connectivity index is 1.88.